The second-order valence-electron chi connectivity index (χ2n) is 6.28. The molecule has 0 N–H and O–H groups in total. The summed E-state index contributed by atoms with van der Waals surface area (Å²) in [5, 5.41) is 0.312. The maximum atomic E-state index is 6.39. The Bertz CT molecular complexity index is 228. The minimum atomic E-state index is -1.58. The van der Waals surface area contributed by atoms with Gasteiger partial charge in [-0.15, -0.1) is 11.6 Å². The van der Waals surface area contributed by atoms with Crippen molar-refractivity contribution in [3.63, 3.8) is 0 Å². The van der Waals surface area contributed by atoms with E-state index in [1.165, 1.54) is 6.42 Å². The topological polar surface area (TPSA) is 12.5 Å². The average Bonchev–Trinajstić information content (AvgIpc) is 2.50. The highest BCUT2D eigenvalue weighted by Crippen LogP contribution is 2.38. The van der Waals surface area contributed by atoms with Crippen LogP contribution in [0.15, 0.2) is 0 Å². The van der Waals surface area contributed by atoms with Gasteiger partial charge in [-0.2, -0.15) is 0 Å². The number of likely N-dealkylation sites (tertiary alicyclic amines) is 1. The second-order valence-corrected chi connectivity index (χ2v) is 11.4. The third kappa shape index (κ3) is 3.72. The van der Waals surface area contributed by atoms with Gasteiger partial charge in [-0.25, -0.2) is 0 Å². The highest BCUT2D eigenvalue weighted by atomic mass is 35.5. The summed E-state index contributed by atoms with van der Waals surface area (Å²) in [6, 6.07) is 0. The lowest BCUT2D eigenvalue weighted by Gasteiger charge is -2.38. The van der Waals surface area contributed by atoms with Crippen molar-refractivity contribution in [3.05, 3.63) is 0 Å². The van der Waals surface area contributed by atoms with E-state index in [4.69, 9.17) is 16.0 Å². The molecule has 0 aromatic heterocycles. The Morgan fingerprint density at radius 3 is 2.50 bits per heavy atom. The Kier molecular flexibility index (Phi) is 4.87. The molecule has 1 heterocycles. The van der Waals surface area contributed by atoms with Crippen LogP contribution in [0.3, 0.4) is 0 Å². The molecular weight excluding hydrogens is 238 g/mol. The number of halogens is 1. The predicted octanol–water partition coefficient (Wildman–Crippen LogP) is 3.32. The van der Waals surface area contributed by atoms with Gasteiger partial charge < -0.3 is 4.43 Å². The zero-order chi connectivity index (χ0) is 12.4. The van der Waals surface area contributed by atoms with Gasteiger partial charge in [0.2, 0.25) is 0 Å². The van der Waals surface area contributed by atoms with Crippen LogP contribution in [0.25, 0.3) is 0 Å². The predicted molar refractivity (Wildman–Crippen MR) is 73.8 cm³/mol. The summed E-state index contributed by atoms with van der Waals surface area (Å²) < 4.78 is 6.39. The summed E-state index contributed by atoms with van der Waals surface area (Å²) in [5.74, 6) is 0.729. The molecular formula is C12H26ClNOSi. The molecule has 0 radical (unpaired) electrons. The average molecular weight is 264 g/mol. The van der Waals surface area contributed by atoms with Crippen molar-refractivity contribution in [2.75, 3.05) is 25.5 Å². The van der Waals surface area contributed by atoms with E-state index in [0.29, 0.717) is 11.1 Å². The van der Waals surface area contributed by atoms with Crippen LogP contribution in [0.2, 0.25) is 18.1 Å². The van der Waals surface area contributed by atoms with Crippen LogP contribution in [-0.4, -0.2) is 44.8 Å². The molecule has 96 valence electrons. The number of nitrogens with zero attached hydrogens (tertiary/aromatic N) is 1. The first-order valence-corrected chi connectivity index (χ1v) is 9.67. The van der Waals surface area contributed by atoms with E-state index in [9.17, 15) is 0 Å². The van der Waals surface area contributed by atoms with Crippen molar-refractivity contribution in [2.24, 2.45) is 0 Å². The molecule has 0 spiro atoms. The number of hydrogen-bond acceptors (Lipinski definition) is 2. The molecule has 0 amide bonds. The first kappa shape index (κ1) is 14.5. The Labute approximate surface area is 106 Å². The van der Waals surface area contributed by atoms with Gasteiger partial charge in [-0.3, -0.25) is 4.90 Å². The van der Waals surface area contributed by atoms with Crippen molar-refractivity contribution >= 4 is 19.9 Å². The quantitative estimate of drug-likeness (QED) is 0.570. The summed E-state index contributed by atoms with van der Waals surface area (Å²) in [6.45, 7) is 14.8. The van der Waals surface area contributed by atoms with Gasteiger partial charge in [0.15, 0.2) is 8.32 Å². The van der Waals surface area contributed by atoms with Crippen molar-refractivity contribution in [1.29, 1.82) is 0 Å². The molecule has 0 unspecified atom stereocenters. The summed E-state index contributed by atoms with van der Waals surface area (Å²) in [4.78, 5) is 2.41. The Hall–Kier alpha value is 0.427. The minimum absolute atomic E-state index is 0.312. The number of rotatable bonds is 4. The van der Waals surface area contributed by atoms with Crippen LogP contribution in [0.1, 0.15) is 27.2 Å². The molecule has 4 heteroatoms. The molecule has 0 bridgehead atoms. The number of alkyl halides is 1. The smallest absolute Gasteiger partial charge is 0.192 e. The standard InChI is InChI=1S/C12H26ClNOSi/c1-12(2,3)16(4,5)15-11-6-8-14(10-11)9-7-13/h11H,6-10H2,1-5H3/t11-/m1/s1. The fraction of sp³-hybridized carbons (Fsp3) is 1.00. The molecule has 1 rings (SSSR count). The molecule has 0 saturated carbocycles. The van der Waals surface area contributed by atoms with Crippen molar-refractivity contribution in [3.8, 4) is 0 Å². The summed E-state index contributed by atoms with van der Waals surface area (Å²) >= 11 is 5.76. The molecule has 2 nitrogen and oxygen atoms in total. The normalized spacial score (nSPS) is 24.0. The number of hydrogen-bond donors (Lipinski definition) is 0. The molecule has 1 aliphatic rings. The molecule has 1 aliphatic heterocycles. The fourth-order valence-corrected chi connectivity index (χ4v) is 3.43. The monoisotopic (exact) mass is 263 g/mol. The highest BCUT2D eigenvalue weighted by molar-refractivity contribution is 6.74. The SMILES string of the molecule is CC(C)(C)[Si](C)(C)O[C@@H]1CCN(CCCl)C1. The molecule has 1 fully saturated rings. The lowest BCUT2D eigenvalue weighted by molar-refractivity contribution is 0.183. The first-order chi connectivity index (χ1) is 7.26. The van der Waals surface area contributed by atoms with Gasteiger partial charge in [-0.05, 0) is 24.6 Å². The van der Waals surface area contributed by atoms with Gasteiger partial charge >= 0.3 is 0 Å². The van der Waals surface area contributed by atoms with Crippen LogP contribution in [0.5, 0.6) is 0 Å². The van der Waals surface area contributed by atoms with E-state index in [1.807, 2.05) is 0 Å². The third-order valence-electron chi connectivity index (χ3n) is 3.90. The zero-order valence-corrected chi connectivity index (χ0v) is 13.1. The molecule has 0 aliphatic carbocycles. The molecule has 0 aromatic rings. The Balaban J connectivity index is 2.45. The lowest BCUT2D eigenvalue weighted by atomic mass is 10.2. The highest BCUT2D eigenvalue weighted by Gasteiger charge is 2.40. The largest absolute Gasteiger partial charge is 0.413 e. The Morgan fingerprint density at radius 2 is 2.00 bits per heavy atom. The minimum Gasteiger partial charge on any atom is -0.413 e. The van der Waals surface area contributed by atoms with Crippen molar-refractivity contribution < 1.29 is 4.43 Å². The second kappa shape index (κ2) is 5.38. The Morgan fingerprint density at radius 1 is 1.38 bits per heavy atom. The van der Waals surface area contributed by atoms with Gasteiger partial charge in [-0.1, -0.05) is 20.8 Å². The van der Waals surface area contributed by atoms with E-state index < -0.39 is 8.32 Å². The van der Waals surface area contributed by atoms with E-state index in [2.05, 4.69) is 38.8 Å². The first-order valence-electron chi connectivity index (χ1n) is 6.22. The van der Waals surface area contributed by atoms with Gasteiger partial charge in [0.25, 0.3) is 0 Å². The van der Waals surface area contributed by atoms with E-state index in [-0.39, 0.29) is 0 Å². The summed E-state index contributed by atoms with van der Waals surface area (Å²) in [5.41, 5.74) is 0. The van der Waals surface area contributed by atoms with Gasteiger partial charge in [0.1, 0.15) is 0 Å². The zero-order valence-electron chi connectivity index (χ0n) is 11.3. The summed E-state index contributed by atoms with van der Waals surface area (Å²) in [6.07, 6.45) is 1.60. The van der Waals surface area contributed by atoms with E-state index >= 15 is 0 Å². The molecule has 16 heavy (non-hydrogen) atoms. The van der Waals surface area contributed by atoms with Crippen molar-refractivity contribution in [2.45, 2.75) is 51.4 Å². The van der Waals surface area contributed by atoms with Crippen LogP contribution in [-0.2, 0) is 4.43 Å². The lowest BCUT2D eigenvalue weighted by Crippen LogP contribution is -2.44. The van der Waals surface area contributed by atoms with Gasteiger partial charge in [0.05, 0.1) is 6.10 Å². The van der Waals surface area contributed by atoms with Crippen LogP contribution < -0.4 is 0 Å². The van der Waals surface area contributed by atoms with Gasteiger partial charge in [0, 0.05) is 25.5 Å². The third-order valence-corrected chi connectivity index (χ3v) is 8.60. The molecule has 1 atom stereocenters. The van der Waals surface area contributed by atoms with Crippen LogP contribution >= 0.6 is 11.6 Å². The molecule has 1 saturated heterocycles. The van der Waals surface area contributed by atoms with Crippen LogP contribution in [0, 0.1) is 0 Å². The van der Waals surface area contributed by atoms with E-state index in [0.717, 1.165) is 25.5 Å². The maximum Gasteiger partial charge on any atom is 0.192 e. The fourth-order valence-electron chi connectivity index (χ4n) is 1.81. The summed E-state index contributed by atoms with van der Waals surface area (Å²) in [7, 11) is -1.58. The molecule has 0 aromatic carbocycles. The van der Waals surface area contributed by atoms with Crippen molar-refractivity contribution in [1.82, 2.24) is 4.90 Å². The van der Waals surface area contributed by atoms with Crippen LogP contribution in [0.4, 0.5) is 0 Å². The maximum absolute atomic E-state index is 6.39. The van der Waals surface area contributed by atoms with E-state index in [1.54, 1.807) is 0 Å².